The molecule has 0 spiro atoms. The molecule has 21 heavy (non-hydrogen) atoms. The lowest BCUT2D eigenvalue weighted by Gasteiger charge is -2.05. The van der Waals surface area contributed by atoms with Crippen molar-refractivity contribution in [2.24, 2.45) is 0 Å². The lowest BCUT2D eigenvalue weighted by Crippen LogP contribution is -2.13. The molecule has 0 aliphatic heterocycles. The summed E-state index contributed by atoms with van der Waals surface area (Å²) in [5.74, 6) is 0.447. The van der Waals surface area contributed by atoms with Crippen molar-refractivity contribution in [1.29, 1.82) is 0 Å². The smallest absolute Gasteiger partial charge is 0.278 e. The first kappa shape index (κ1) is 13.5. The van der Waals surface area contributed by atoms with Crippen molar-refractivity contribution in [1.82, 2.24) is 4.98 Å². The maximum absolute atomic E-state index is 12.3. The Morgan fingerprint density at radius 2 is 2.14 bits per heavy atom. The molecule has 3 aromatic rings. The maximum atomic E-state index is 12.3. The standard InChI is InChI=1S/C15H12N2O3S/c1-21-11-5-2-4-10(8-11)17-15(18)13-14(20-9-16-13)12-6-3-7-19-12/h2-9H,1H3,(H,17,18). The van der Waals surface area contributed by atoms with Crippen LogP contribution in [0.2, 0.25) is 0 Å². The number of thioether (sulfide) groups is 1. The number of amides is 1. The van der Waals surface area contributed by atoms with Crippen molar-refractivity contribution >= 4 is 23.4 Å². The molecule has 0 saturated carbocycles. The van der Waals surface area contributed by atoms with Gasteiger partial charge in [-0.05, 0) is 36.6 Å². The number of benzene rings is 1. The molecule has 0 atom stereocenters. The zero-order valence-corrected chi connectivity index (χ0v) is 12.0. The van der Waals surface area contributed by atoms with Crippen molar-refractivity contribution in [3.63, 3.8) is 0 Å². The Kier molecular flexibility index (Phi) is 3.79. The molecule has 0 aliphatic rings. The number of nitrogens with zero attached hydrogens (tertiary/aromatic N) is 1. The SMILES string of the molecule is CSc1cccc(NC(=O)c2ncoc2-c2ccco2)c1. The Morgan fingerprint density at radius 1 is 1.24 bits per heavy atom. The van der Waals surface area contributed by atoms with Crippen LogP contribution in [0.1, 0.15) is 10.5 Å². The first-order chi connectivity index (χ1) is 10.3. The maximum Gasteiger partial charge on any atom is 0.278 e. The second-order valence-corrected chi connectivity index (χ2v) is 5.07. The monoisotopic (exact) mass is 300 g/mol. The summed E-state index contributed by atoms with van der Waals surface area (Å²) in [5, 5.41) is 2.80. The van der Waals surface area contributed by atoms with Gasteiger partial charge in [-0.3, -0.25) is 4.79 Å². The molecule has 6 heteroatoms. The second-order valence-electron chi connectivity index (χ2n) is 4.19. The Balaban J connectivity index is 1.85. The van der Waals surface area contributed by atoms with Crippen molar-refractivity contribution in [3.8, 4) is 11.5 Å². The molecule has 106 valence electrons. The van der Waals surface area contributed by atoms with Gasteiger partial charge in [0.15, 0.2) is 17.8 Å². The summed E-state index contributed by atoms with van der Waals surface area (Å²) in [5.41, 5.74) is 0.903. The number of hydrogen-bond acceptors (Lipinski definition) is 5. The average molecular weight is 300 g/mol. The highest BCUT2D eigenvalue weighted by Gasteiger charge is 2.20. The summed E-state index contributed by atoms with van der Waals surface area (Å²) in [6.07, 6.45) is 4.72. The number of anilines is 1. The van der Waals surface area contributed by atoms with Crippen LogP contribution in [0.4, 0.5) is 5.69 Å². The lowest BCUT2D eigenvalue weighted by atomic mass is 10.2. The molecule has 5 nitrogen and oxygen atoms in total. The van der Waals surface area contributed by atoms with E-state index in [1.165, 1.54) is 12.7 Å². The molecule has 0 radical (unpaired) electrons. The fraction of sp³-hybridized carbons (Fsp3) is 0.0667. The average Bonchev–Trinajstić information content (AvgIpc) is 3.18. The first-order valence-electron chi connectivity index (χ1n) is 6.20. The van der Waals surface area contributed by atoms with Gasteiger partial charge in [-0.25, -0.2) is 4.98 Å². The van der Waals surface area contributed by atoms with Gasteiger partial charge >= 0.3 is 0 Å². The lowest BCUT2D eigenvalue weighted by molar-refractivity contribution is 0.102. The van der Waals surface area contributed by atoms with Crippen LogP contribution in [-0.2, 0) is 0 Å². The van der Waals surface area contributed by atoms with E-state index in [-0.39, 0.29) is 11.6 Å². The number of oxazole rings is 1. The fourth-order valence-electron chi connectivity index (χ4n) is 1.88. The highest BCUT2D eigenvalue weighted by Crippen LogP contribution is 2.25. The molecule has 0 bridgehead atoms. The van der Waals surface area contributed by atoms with Crippen LogP contribution >= 0.6 is 11.8 Å². The third-order valence-corrected chi connectivity index (χ3v) is 3.58. The number of hydrogen-bond donors (Lipinski definition) is 1. The molecule has 1 N–H and O–H groups in total. The fourth-order valence-corrected chi connectivity index (χ4v) is 2.34. The van der Waals surface area contributed by atoms with Crippen molar-refractivity contribution < 1.29 is 13.6 Å². The summed E-state index contributed by atoms with van der Waals surface area (Å²) >= 11 is 1.61. The van der Waals surface area contributed by atoms with Gasteiger partial charge in [0.1, 0.15) is 0 Å². The number of aromatic nitrogens is 1. The molecule has 1 amide bonds. The number of rotatable bonds is 4. The van der Waals surface area contributed by atoms with E-state index in [1.54, 1.807) is 23.9 Å². The largest absolute Gasteiger partial charge is 0.461 e. The van der Waals surface area contributed by atoms with Gasteiger partial charge in [-0.1, -0.05) is 6.07 Å². The van der Waals surface area contributed by atoms with Crippen LogP contribution in [0.5, 0.6) is 0 Å². The van der Waals surface area contributed by atoms with E-state index < -0.39 is 0 Å². The summed E-state index contributed by atoms with van der Waals surface area (Å²) in [7, 11) is 0. The predicted octanol–water partition coefficient (Wildman–Crippen LogP) is 3.91. The topological polar surface area (TPSA) is 68.3 Å². The minimum Gasteiger partial charge on any atom is -0.461 e. The minimum atomic E-state index is -0.339. The Hall–Kier alpha value is -2.47. The van der Waals surface area contributed by atoms with Gasteiger partial charge < -0.3 is 14.2 Å². The van der Waals surface area contributed by atoms with Crippen LogP contribution in [0, 0.1) is 0 Å². The van der Waals surface area contributed by atoms with E-state index >= 15 is 0 Å². The van der Waals surface area contributed by atoms with Crippen molar-refractivity contribution in [2.45, 2.75) is 4.90 Å². The molecule has 0 saturated heterocycles. The Labute approximate surface area is 125 Å². The summed E-state index contributed by atoms with van der Waals surface area (Å²) in [6.45, 7) is 0. The van der Waals surface area contributed by atoms with Crippen LogP contribution < -0.4 is 5.32 Å². The van der Waals surface area contributed by atoms with E-state index in [0.717, 1.165) is 4.90 Å². The van der Waals surface area contributed by atoms with Gasteiger partial charge in [0.05, 0.1) is 6.26 Å². The Bertz CT molecular complexity index is 750. The van der Waals surface area contributed by atoms with Gasteiger partial charge in [-0.2, -0.15) is 0 Å². The van der Waals surface area contributed by atoms with E-state index in [1.807, 2.05) is 30.5 Å². The number of furan rings is 1. The zero-order chi connectivity index (χ0) is 14.7. The number of carbonyl (C=O) groups is 1. The molecule has 0 unspecified atom stereocenters. The molecular formula is C15H12N2O3S. The minimum absolute atomic E-state index is 0.194. The van der Waals surface area contributed by atoms with Gasteiger partial charge in [0.25, 0.3) is 5.91 Å². The van der Waals surface area contributed by atoms with Gasteiger partial charge in [-0.15, -0.1) is 11.8 Å². The third-order valence-electron chi connectivity index (χ3n) is 2.86. The number of nitrogens with one attached hydrogen (secondary N) is 1. The highest BCUT2D eigenvalue weighted by atomic mass is 32.2. The molecule has 0 fully saturated rings. The zero-order valence-electron chi connectivity index (χ0n) is 11.2. The first-order valence-corrected chi connectivity index (χ1v) is 7.43. The van der Waals surface area contributed by atoms with E-state index in [2.05, 4.69) is 10.3 Å². The van der Waals surface area contributed by atoms with E-state index in [0.29, 0.717) is 17.2 Å². The van der Waals surface area contributed by atoms with E-state index in [9.17, 15) is 4.79 Å². The Morgan fingerprint density at radius 3 is 2.90 bits per heavy atom. The third kappa shape index (κ3) is 2.85. The molecule has 0 aliphatic carbocycles. The number of carbonyl (C=O) groups excluding carboxylic acids is 1. The second kappa shape index (κ2) is 5.88. The quantitative estimate of drug-likeness (QED) is 0.740. The normalized spacial score (nSPS) is 10.5. The molecular weight excluding hydrogens is 288 g/mol. The summed E-state index contributed by atoms with van der Waals surface area (Å²) < 4.78 is 10.5. The summed E-state index contributed by atoms with van der Waals surface area (Å²) in [6, 6.07) is 11.0. The molecule has 3 rings (SSSR count). The molecule has 2 heterocycles. The van der Waals surface area contributed by atoms with Crippen molar-refractivity contribution in [2.75, 3.05) is 11.6 Å². The van der Waals surface area contributed by atoms with Crippen LogP contribution in [-0.4, -0.2) is 17.1 Å². The van der Waals surface area contributed by atoms with Crippen LogP contribution in [0.15, 0.2) is 62.8 Å². The van der Waals surface area contributed by atoms with Gasteiger partial charge in [0, 0.05) is 10.6 Å². The molecule has 2 aromatic heterocycles. The predicted molar refractivity (Wildman–Crippen MR) is 80.4 cm³/mol. The van der Waals surface area contributed by atoms with E-state index in [4.69, 9.17) is 8.83 Å². The van der Waals surface area contributed by atoms with Gasteiger partial charge in [0.2, 0.25) is 5.76 Å². The van der Waals surface area contributed by atoms with Crippen molar-refractivity contribution in [3.05, 3.63) is 54.7 Å². The molecule has 1 aromatic carbocycles. The van der Waals surface area contributed by atoms with Crippen LogP contribution in [0.25, 0.3) is 11.5 Å². The van der Waals surface area contributed by atoms with Crippen LogP contribution in [0.3, 0.4) is 0 Å². The highest BCUT2D eigenvalue weighted by molar-refractivity contribution is 7.98. The summed E-state index contributed by atoms with van der Waals surface area (Å²) in [4.78, 5) is 17.3.